The summed E-state index contributed by atoms with van der Waals surface area (Å²) in [5.41, 5.74) is 3.05. The van der Waals surface area contributed by atoms with Crippen LogP contribution in [-0.4, -0.2) is 50.6 Å². The summed E-state index contributed by atoms with van der Waals surface area (Å²) in [5.74, 6) is -0.989. The van der Waals surface area contributed by atoms with Crippen molar-refractivity contribution < 1.29 is 27.4 Å². The van der Waals surface area contributed by atoms with E-state index in [1.165, 1.54) is 0 Å². The Morgan fingerprint density at radius 2 is 1.53 bits per heavy atom. The summed E-state index contributed by atoms with van der Waals surface area (Å²) in [4.78, 5) is 0.281. The normalized spacial score (nSPS) is 25.2. The number of rotatable bonds is 10. The molecule has 3 aromatic rings. The van der Waals surface area contributed by atoms with Crippen molar-refractivity contribution in [2.75, 3.05) is 5.75 Å². The molecule has 0 bridgehead atoms. The topological polar surface area (TPSA) is 83.1 Å². The molecule has 2 aliphatic heterocycles. The summed E-state index contributed by atoms with van der Waals surface area (Å²) in [6.45, 7) is 6.43. The molecular weight excluding hydrogens is 502 g/mol. The number of ether oxygens (including phenoxy) is 4. The summed E-state index contributed by atoms with van der Waals surface area (Å²) < 4.78 is 52.1. The zero-order valence-corrected chi connectivity index (χ0v) is 22.8. The first-order chi connectivity index (χ1) is 18.2. The molecule has 0 amide bonds. The average molecular weight is 538 g/mol. The summed E-state index contributed by atoms with van der Waals surface area (Å²) in [6, 6.07) is 26.1. The highest BCUT2D eigenvalue weighted by Gasteiger charge is 2.57. The molecule has 202 valence electrons. The number of aryl methyl sites for hydroxylation is 1. The van der Waals surface area contributed by atoms with Crippen molar-refractivity contribution in [2.24, 2.45) is 0 Å². The number of hydrogen-bond acceptors (Lipinski definition) is 7. The first-order valence-electron chi connectivity index (χ1n) is 12.9. The van der Waals surface area contributed by atoms with Gasteiger partial charge in [0.05, 0.1) is 23.3 Å². The lowest BCUT2D eigenvalue weighted by Crippen LogP contribution is -2.51. The van der Waals surface area contributed by atoms with Crippen molar-refractivity contribution in [3.63, 3.8) is 0 Å². The fourth-order valence-electron chi connectivity index (χ4n) is 4.98. The molecule has 0 aliphatic carbocycles. The molecule has 2 heterocycles. The van der Waals surface area contributed by atoms with Crippen molar-refractivity contribution in [3.8, 4) is 0 Å². The van der Waals surface area contributed by atoms with Crippen LogP contribution in [0, 0.1) is 6.92 Å². The second-order valence-electron chi connectivity index (χ2n) is 10.4. The van der Waals surface area contributed by atoms with E-state index in [1.54, 1.807) is 12.1 Å². The lowest BCUT2D eigenvalue weighted by Gasteiger charge is -2.31. The third-order valence-corrected chi connectivity index (χ3v) is 8.69. The maximum Gasteiger partial charge on any atom is 0.190 e. The number of benzene rings is 3. The minimum Gasteiger partial charge on any atom is -0.368 e. The Morgan fingerprint density at radius 3 is 2.18 bits per heavy atom. The first kappa shape index (κ1) is 27.0. The third kappa shape index (κ3) is 6.34. The van der Waals surface area contributed by atoms with Gasteiger partial charge in [-0.1, -0.05) is 78.4 Å². The molecule has 38 heavy (non-hydrogen) atoms. The van der Waals surface area contributed by atoms with Crippen molar-refractivity contribution in [1.82, 2.24) is 5.32 Å². The number of nitrogens with one attached hydrogen (secondary N) is 1. The Morgan fingerprint density at radius 1 is 0.895 bits per heavy atom. The first-order valence-corrected chi connectivity index (χ1v) is 14.6. The molecule has 1 N–H and O–H groups in total. The molecule has 8 heteroatoms. The third-order valence-electron chi connectivity index (χ3n) is 6.90. The van der Waals surface area contributed by atoms with Crippen LogP contribution in [0.25, 0.3) is 0 Å². The molecule has 0 saturated carbocycles. The van der Waals surface area contributed by atoms with Crippen LogP contribution >= 0.6 is 0 Å². The molecule has 5 atom stereocenters. The van der Waals surface area contributed by atoms with Gasteiger partial charge in [0.15, 0.2) is 21.9 Å². The SMILES string of the molecule is Cc1ccc(S(=O)(=O)C[C@@H](NCc2ccccc2)[C@H]2O[C@@H]3OC(C)(C)O[C@@H]3[C@H]2OCc2ccccc2)cc1. The van der Waals surface area contributed by atoms with Gasteiger partial charge in [0.2, 0.25) is 0 Å². The molecule has 2 fully saturated rings. The molecule has 0 aromatic heterocycles. The van der Waals surface area contributed by atoms with E-state index in [0.29, 0.717) is 13.2 Å². The molecule has 0 unspecified atom stereocenters. The molecule has 3 aromatic carbocycles. The number of sulfone groups is 1. The maximum absolute atomic E-state index is 13.6. The van der Waals surface area contributed by atoms with E-state index >= 15 is 0 Å². The molecule has 7 nitrogen and oxygen atoms in total. The van der Waals surface area contributed by atoms with Crippen LogP contribution in [-0.2, 0) is 41.9 Å². The predicted octanol–water partition coefficient (Wildman–Crippen LogP) is 4.39. The zero-order chi connectivity index (χ0) is 26.8. The van der Waals surface area contributed by atoms with Gasteiger partial charge in [0, 0.05) is 6.54 Å². The monoisotopic (exact) mass is 537 g/mol. The smallest absolute Gasteiger partial charge is 0.190 e. The fourth-order valence-corrected chi connectivity index (χ4v) is 6.50. The Balaban J connectivity index is 1.42. The van der Waals surface area contributed by atoms with Crippen LogP contribution in [0.4, 0.5) is 0 Å². The summed E-state index contributed by atoms with van der Waals surface area (Å²) in [7, 11) is -3.63. The maximum atomic E-state index is 13.6. The van der Waals surface area contributed by atoms with Gasteiger partial charge >= 0.3 is 0 Å². The van der Waals surface area contributed by atoms with Gasteiger partial charge < -0.3 is 24.3 Å². The second kappa shape index (κ2) is 11.3. The van der Waals surface area contributed by atoms with Gasteiger partial charge in [0.25, 0.3) is 0 Å². The Labute approximate surface area is 225 Å². The van der Waals surface area contributed by atoms with Gasteiger partial charge in [-0.05, 0) is 44.0 Å². The predicted molar refractivity (Wildman–Crippen MR) is 144 cm³/mol. The zero-order valence-electron chi connectivity index (χ0n) is 21.9. The van der Waals surface area contributed by atoms with Crippen LogP contribution in [0.1, 0.15) is 30.5 Å². The Bertz CT molecular complexity index is 1300. The van der Waals surface area contributed by atoms with Gasteiger partial charge in [-0.2, -0.15) is 0 Å². The van der Waals surface area contributed by atoms with Crippen molar-refractivity contribution >= 4 is 9.84 Å². The van der Waals surface area contributed by atoms with Gasteiger partial charge in [-0.25, -0.2) is 8.42 Å². The lowest BCUT2D eigenvalue weighted by molar-refractivity contribution is -0.221. The number of hydrogen-bond donors (Lipinski definition) is 1. The lowest BCUT2D eigenvalue weighted by atomic mass is 10.0. The highest BCUT2D eigenvalue weighted by molar-refractivity contribution is 7.91. The van der Waals surface area contributed by atoms with E-state index in [4.69, 9.17) is 18.9 Å². The van der Waals surface area contributed by atoms with Gasteiger partial charge in [0.1, 0.15) is 18.3 Å². The molecule has 2 saturated heterocycles. The average Bonchev–Trinajstić information content (AvgIpc) is 3.38. The van der Waals surface area contributed by atoms with Crippen LogP contribution in [0.15, 0.2) is 89.8 Å². The van der Waals surface area contributed by atoms with E-state index < -0.39 is 46.3 Å². The molecule has 2 aliphatic rings. The van der Waals surface area contributed by atoms with Crippen molar-refractivity contribution in [2.45, 2.75) is 75.2 Å². The highest BCUT2D eigenvalue weighted by atomic mass is 32.2. The van der Waals surface area contributed by atoms with Crippen LogP contribution in [0.5, 0.6) is 0 Å². The van der Waals surface area contributed by atoms with E-state index in [0.717, 1.165) is 16.7 Å². The molecule has 0 spiro atoms. The summed E-state index contributed by atoms with van der Waals surface area (Å²) in [6.07, 6.45) is -2.29. The van der Waals surface area contributed by atoms with E-state index in [1.807, 2.05) is 93.6 Å². The van der Waals surface area contributed by atoms with E-state index in [9.17, 15) is 8.42 Å². The molecule has 5 rings (SSSR count). The minimum atomic E-state index is -3.63. The summed E-state index contributed by atoms with van der Waals surface area (Å²) in [5, 5.41) is 3.46. The number of fused-ring (bicyclic) bond motifs is 1. The largest absolute Gasteiger partial charge is 0.368 e. The Kier molecular flexibility index (Phi) is 8.00. The minimum absolute atomic E-state index is 0.165. The van der Waals surface area contributed by atoms with Crippen LogP contribution < -0.4 is 5.32 Å². The Hall–Kier alpha value is -2.59. The molecule has 0 radical (unpaired) electrons. The van der Waals surface area contributed by atoms with E-state index in [2.05, 4.69) is 5.32 Å². The van der Waals surface area contributed by atoms with Crippen LogP contribution in [0.2, 0.25) is 0 Å². The molecular formula is C30H35NO6S. The van der Waals surface area contributed by atoms with Gasteiger partial charge in [-0.3, -0.25) is 0 Å². The quantitative estimate of drug-likeness (QED) is 0.411. The highest BCUT2D eigenvalue weighted by Crippen LogP contribution is 2.40. The fraction of sp³-hybridized carbons (Fsp3) is 0.400. The van der Waals surface area contributed by atoms with E-state index in [-0.39, 0.29) is 10.6 Å². The van der Waals surface area contributed by atoms with Crippen LogP contribution in [0.3, 0.4) is 0 Å². The van der Waals surface area contributed by atoms with Crippen molar-refractivity contribution in [3.05, 3.63) is 102 Å². The standard InChI is InChI=1S/C30H35NO6S/c1-21-14-16-24(17-15-21)38(32,33)20-25(31-18-22-10-6-4-7-11-22)26-27(34-19-23-12-8-5-9-13-23)28-29(35-26)37-30(2,3)36-28/h4-17,25-29,31H,18-20H2,1-3H3/t25-,26-,27+,28-,29-/m1/s1. The summed E-state index contributed by atoms with van der Waals surface area (Å²) >= 11 is 0. The second-order valence-corrected chi connectivity index (χ2v) is 12.4. The van der Waals surface area contributed by atoms with Crippen molar-refractivity contribution in [1.29, 1.82) is 0 Å². The van der Waals surface area contributed by atoms with Gasteiger partial charge in [-0.15, -0.1) is 0 Å².